The fourth-order valence-corrected chi connectivity index (χ4v) is 4.27. The van der Waals surface area contributed by atoms with Gasteiger partial charge in [0.1, 0.15) is 0 Å². The molecule has 2 fully saturated rings. The average Bonchev–Trinajstić information content (AvgIpc) is 3.30. The van der Waals surface area contributed by atoms with Gasteiger partial charge in [0.25, 0.3) is 0 Å². The molecule has 1 saturated carbocycles. The number of carbonyl (C=O) groups is 1. The van der Waals surface area contributed by atoms with Crippen LogP contribution in [0.1, 0.15) is 38.5 Å². The average molecular weight is 327 g/mol. The van der Waals surface area contributed by atoms with Gasteiger partial charge in [0, 0.05) is 35.6 Å². The smallest absolute Gasteiger partial charge is 0.227 e. The molecular formula is C18H21N3OS. The lowest BCUT2D eigenvalue weighted by molar-refractivity contribution is -0.117. The van der Waals surface area contributed by atoms with E-state index in [0.717, 1.165) is 35.0 Å². The molecule has 1 aromatic carbocycles. The first-order chi connectivity index (χ1) is 11.3. The molecule has 2 aliphatic rings. The number of carbonyl (C=O) groups excluding carboxylic acids is 1. The van der Waals surface area contributed by atoms with Gasteiger partial charge in [0.15, 0.2) is 5.13 Å². The van der Waals surface area contributed by atoms with Gasteiger partial charge in [-0.1, -0.05) is 25.0 Å². The third-order valence-corrected chi connectivity index (χ3v) is 5.49. The Morgan fingerprint density at radius 1 is 1.22 bits per heavy atom. The van der Waals surface area contributed by atoms with Gasteiger partial charge in [-0.2, -0.15) is 0 Å². The van der Waals surface area contributed by atoms with Gasteiger partial charge >= 0.3 is 0 Å². The summed E-state index contributed by atoms with van der Waals surface area (Å²) < 4.78 is 0. The largest absolute Gasteiger partial charge is 0.359 e. The molecule has 1 aliphatic heterocycles. The van der Waals surface area contributed by atoms with E-state index in [1.807, 2.05) is 17.0 Å². The van der Waals surface area contributed by atoms with Gasteiger partial charge in [0.05, 0.1) is 5.69 Å². The Bertz CT molecular complexity index is 706. The third kappa shape index (κ3) is 3.11. The van der Waals surface area contributed by atoms with Crippen LogP contribution in [0.25, 0.3) is 11.3 Å². The summed E-state index contributed by atoms with van der Waals surface area (Å²) in [7, 11) is 0. The van der Waals surface area contributed by atoms with Gasteiger partial charge in [-0.25, -0.2) is 4.98 Å². The molecule has 0 spiro atoms. The Morgan fingerprint density at radius 2 is 2.09 bits per heavy atom. The molecule has 1 aromatic heterocycles. The van der Waals surface area contributed by atoms with E-state index in [-0.39, 0.29) is 5.91 Å². The molecule has 0 unspecified atom stereocenters. The maximum absolute atomic E-state index is 11.9. The van der Waals surface area contributed by atoms with E-state index in [2.05, 4.69) is 22.8 Å². The van der Waals surface area contributed by atoms with Gasteiger partial charge in [-0.05, 0) is 31.4 Å². The summed E-state index contributed by atoms with van der Waals surface area (Å²) in [5.74, 6) is 0.226. The summed E-state index contributed by atoms with van der Waals surface area (Å²) >= 11 is 1.67. The molecule has 0 atom stereocenters. The monoisotopic (exact) mass is 327 g/mol. The van der Waals surface area contributed by atoms with Crippen molar-refractivity contribution in [3.63, 3.8) is 0 Å². The molecule has 0 radical (unpaired) electrons. The zero-order chi connectivity index (χ0) is 15.6. The number of thiazole rings is 1. The molecule has 120 valence electrons. The van der Waals surface area contributed by atoms with Crippen molar-refractivity contribution in [2.45, 2.75) is 44.6 Å². The van der Waals surface area contributed by atoms with E-state index in [1.54, 1.807) is 11.3 Å². The van der Waals surface area contributed by atoms with Crippen molar-refractivity contribution < 1.29 is 4.79 Å². The number of nitrogens with one attached hydrogen (secondary N) is 1. The lowest BCUT2D eigenvalue weighted by Gasteiger charge is -2.16. The van der Waals surface area contributed by atoms with Crippen molar-refractivity contribution in [3.05, 3.63) is 29.6 Å². The Balaban J connectivity index is 1.53. The second kappa shape index (κ2) is 6.32. The van der Waals surface area contributed by atoms with Crippen LogP contribution in [0.5, 0.6) is 0 Å². The highest BCUT2D eigenvalue weighted by molar-refractivity contribution is 7.14. The summed E-state index contributed by atoms with van der Waals surface area (Å²) in [6.07, 6.45) is 6.76. The maximum atomic E-state index is 11.9. The number of benzene rings is 1. The highest BCUT2D eigenvalue weighted by Crippen LogP contribution is 2.31. The van der Waals surface area contributed by atoms with Crippen LogP contribution < -0.4 is 10.2 Å². The molecule has 1 saturated heterocycles. The standard InChI is InChI=1S/C18H21N3OS/c22-17-9-4-10-21(17)15-8-3-5-13(11-15)16-12-23-18(20-16)19-14-6-1-2-7-14/h3,5,8,11-12,14H,1-2,4,6-7,9-10H2,(H,19,20). The number of amides is 1. The molecule has 4 nitrogen and oxygen atoms in total. The van der Waals surface area contributed by atoms with Crippen LogP contribution in [-0.2, 0) is 4.79 Å². The first kappa shape index (κ1) is 14.7. The van der Waals surface area contributed by atoms with Crippen LogP contribution in [0.4, 0.5) is 10.8 Å². The quantitative estimate of drug-likeness (QED) is 0.911. The number of rotatable bonds is 4. The van der Waals surface area contributed by atoms with E-state index in [4.69, 9.17) is 4.98 Å². The van der Waals surface area contributed by atoms with Gasteiger partial charge in [-0.3, -0.25) is 4.79 Å². The fraction of sp³-hybridized carbons (Fsp3) is 0.444. The first-order valence-corrected chi connectivity index (χ1v) is 9.30. The topological polar surface area (TPSA) is 45.2 Å². The SMILES string of the molecule is O=C1CCCN1c1cccc(-c2csc(NC3CCCC3)n2)c1. The molecule has 1 N–H and O–H groups in total. The van der Waals surface area contributed by atoms with Crippen LogP contribution in [0.2, 0.25) is 0 Å². The highest BCUT2D eigenvalue weighted by Gasteiger charge is 2.22. The summed E-state index contributed by atoms with van der Waals surface area (Å²) in [5.41, 5.74) is 3.06. The Kier molecular flexibility index (Phi) is 4.04. The molecule has 0 bridgehead atoms. The molecule has 1 aliphatic carbocycles. The summed E-state index contributed by atoms with van der Waals surface area (Å²) in [5, 5.41) is 6.66. The van der Waals surface area contributed by atoms with Crippen LogP contribution in [-0.4, -0.2) is 23.5 Å². The van der Waals surface area contributed by atoms with Crippen molar-refractivity contribution in [3.8, 4) is 11.3 Å². The van der Waals surface area contributed by atoms with E-state index in [0.29, 0.717) is 12.5 Å². The second-order valence-electron chi connectivity index (χ2n) is 6.36. The lowest BCUT2D eigenvalue weighted by atomic mass is 10.1. The van der Waals surface area contributed by atoms with Crippen molar-refractivity contribution >= 4 is 28.1 Å². The zero-order valence-corrected chi connectivity index (χ0v) is 13.9. The van der Waals surface area contributed by atoms with E-state index in [1.165, 1.54) is 25.7 Å². The third-order valence-electron chi connectivity index (χ3n) is 4.71. The van der Waals surface area contributed by atoms with E-state index >= 15 is 0 Å². The normalized spacial score (nSPS) is 18.8. The van der Waals surface area contributed by atoms with Crippen molar-refractivity contribution in [2.75, 3.05) is 16.8 Å². The minimum Gasteiger partial charge on any atom is -0.359 e. The number of hydrogen-bond donors (Lipinski definition) is 1. The molecule has 4 rings (SSSR count). The molecular weight excluding hydrogens is 306 g/mol. The van der Waals surface area contributed by atoms with Crippen LogP contribution in [0.3, 0.4) is 0 Å². The maximum Gasteiger partial charge on any atom is 0.227 e. The summed E-state index contributed by atoms with van der Waals surface area (Å²) in [6, 6.07) is 8.76. The Labute approximate surface area is 140 Å². The Hall–Kier alpha value is -1.88. The Morgan fingerprint density at radius 3 is 2.87 bits per heavy atom. The number of anilines is 2. The van der Waals surface area contributed by atoms with Gasteiger partial charge in [0.2, 0.25) is 5.91 Å². The van der Waals surface area contributed by atoms with Gasteiger partial charge in [-0.15, -0.1) is 11.3 Å². The van der Waals surface area contributed by atoms with Gasteiger partial charge < -0.3 is 10.2 Å². The first-order valence-electron chi connectivity index (χ1n) is 8.42. The van der Waals surface area contributed by atoms with Crippen molar-refractivity contribution in [2.24, 2.45) is 0 Å². The predicted molar refractivity (Wildman–Crippen MR) is 95.0 cm³/mol. The number of aromatic nitrogens is 1. The molecule has 2 heterocycles. The lowest BCUT2D eigenvalue weighted by Crippen LogP contribution is -2.23. The van der Waals surface area contributed by atoms with Crippen LogP contribution >= 0.6 is 11.3 Å². The minimum absolute atomic E-state index is 0.226. The molecule has 2 aromatic rings. The number of nitrogens with zero attached hydrogens (tertiary/aromatic N) is 2. The van der Waals surface area contributed by atoms with E-state index in [9.17, 15) is 4.79 Å². The predicted octanol–water partition coefficient (Wildman–Crippen LogP) is 4.29. The number of hydrogen-bond acceptors (Lipinski definition) is 4. The minimum atomic E-state index is 0.226. The van der Waals surface area contributed by atoms with Crippen molar-refractivity contribution in [1.82, 2.24) is 4.98 Å². The fourth-order valence-electron chi connectivity index (χ4n) is 3.47. The van der Waals surface area contributed by atoms with E-state index < -0.39 is 0 Å². The summed E-state index contributed by atoms with van der Waals surface area (Å²) in [6.45, 7) is 0.827. The zero-order valence-electron chi connectivity index (χ0n) is 13.1. The summed E-state index contributed by atoms with van der Waals surface area (Å²) in [4.78, 5) is 18.5. The van der Waals surface area contributed by atoms with Crippen LogP contribution in [0.15, 0.2) is 29.6 Å². The molecule has 23 heavy (non-hydrogen) atoms. The van der Waals surface area contributed by atoms with Crippen LogP contribution in [0, 0.1) is 0 Å². The van der Waals surface area contributed by atoms with Crippen molar-refractivity contribution in [1.29, 1.82) is 0 Å². The molecule has 1 amide bonds. The molecule has 5 heteroatoms. The second-order valence-corrected chi connectivity index (χ2v) is 7.22. The highest BCUT2D eigenvalue weighted by atomic mass is 32.1.